The summed E-state index contributed by atoms with van der Waals surface area (Å²) in [7, 11) is 0. The molecule has 21 rings (SSSR count). The van der Waals surface area contributed by atoms with Crippen molar-refractivity contribution < 1.29 is 0 Å². The average molecular weight is 1160 g/mol. The Bertz CT molecular complexity index is 6040. The molecule has 0 radical (unpaired) electrons. The third kappa shape index (κ3) is 6.96. The SMILES string of the molecule is c1ccc(-c2cc(-c3ccccc3)cc(-c3c4cc5c(cc4c(-c4cc(-c6ccccc6)cc(-c6ccccc6)c4)c4c6ccc7c8ccc9c%10c(ccc(c%11ccc(c34)c6c%117)c%108)-c3cc4ccccc4cc3-9)c3ccc(-c4ccccc4)c4cccc5c43)c2)cc1. The van der Waals surface area contributed by atoms with E-state index in [4.69, 9.17) is 0 Å². The lowest BCUT2D eigenvalue weighted by Crippen LogP contribution is -1.93. The Labute approximate surface area is 530 Å². The second-order valence-electron chi connectivity index (χ2n) is 25.6. The molecule has 420 valence electrons. The summed E-state index contributed by atoms with van der Waals surface area (Å²) in [4.78, 5) is 0. The first-order valence-corrected chi connectivity index (χ1v) is 32.2. The zero-order chi connectivity index (χ0) is 59.9. The van der Waals surface area contributed by atoms with Crippen molar-refractivity contribution in [3.05, 3.63) is 315 Å². The minimum absolute atomic E-state index is 1.19. The van der Waals surface area contributed by atoms with Crippen molar-refractivity contribution in [3.8, 4) is 100 Å². The molecule has 0 unspecified atom stereocenters. The smallest absolute Gasteiger partial charge is 0.000739 e. The van der Waals surface area contributed by atoms with Gasteiger partial charge in [0, 0.05) is 0 Å². The van der Waals surface area contributed by atoms with E-state index < -0.39 is 0 Å². The van der Waals surface area contributed by atoms with Crippen molar-refractivity contribution in [2.45, 2.75) is 0 Å². The van der Waals surface area contributed by atoms with Crippen LogP contribution in [0.1, 0.15) is 0 Å². The van der Waals surface area contributed by atoms with Crippen LogP contribution in [0, 0.1) is 0 Å². The fourth-order valence-corrected chi connectivity index (χ4v) is 17.0. The van der Waals surface area contributed by atoms with Gasteiger partial charge in [0.05, 0.1) is 0 Å². The Balaban J connectivity index is 0.965. The van der Waals surface area contributed by atoms with Gasteiger partial charge in [0.1, 0.15) is 0 Å². The molecule has 20 aromatic carbocycles. The third-order valence-corrected chi connectivity index (χ3v) is 20.9. The summed E-state index contributed by atoms with van der Waals surface area (Å²) in [6, 6.07) is 120. The van der Waals surface area contributed by atoms with E-state index in [0.717, 1.165) is 0 Å². The molecule has 0 fully saturated rings. The summed E-state index contributed by atoms with van der Waals surface area (Å²) in [6.45, 7) is 0. The standard InChI is InChI=1S/C92H52/c1-6-19-53(20-7-1)60-43-61(54-21-8-2-9-22-54)46-64(45-60)84-82-51-80-68-32-18-31-67-66(57-27-14-5-15-28-57)33-34-73(86(67)68)81(80)52-83(82)85(65-47-62(55-23-10-3-11-24-55)44-63(48-65)56-25-12-4-13-26-56)92-77-42-40-72-70-36-38-75-79-50-59-30-17-16-29-58(59)49-78(79)74-37-35-69(87(70)89(74)75)71-39-41-76(91(84)92)90(77)88(71)72/h1-52H. The molecule has 0 bridgehead atoms. The van der Waals surface area contributed by atoms with E-state index in [0.29, 0.717) is 0 Å². The van der Waals surface area contributed by atoms with Crippen molar-refractivity contribution in [2.75, 3.05) is 0 Å². The third-order valence-electron chi connectivity index (χ3n) is 20.9. The highest BCUT2D eigenvalue weighted by Crippen LogP contribution is 2.59. The number of rotatable bonds is 7. The van der Waals surface area contributed by atoms with Crippen LogP contribution in [0.4, 0.5) is 0 Å². The van der Waals surface area contributed by atoms with Gasteiger partial charge in [-0.2, -0.15) is 0 Å². The molecule has 0 atom stereocenters. The molecule has 0 aliphatic heterocycles. The van der Waals surface area contributed by atoms with Crippen molar-refractivity contribution in [3.63, 3.8) is 0 Å². The lowest BCUT2D eigenvalue weighted by molar-refractivity contribution is 1.58. The van der Waals surface area contributed by atoms with Gasteiger partial charge in [-0.25, -0.2) is 0 Å². The minimum Gasteiger partial charge on any atom is -0.0622 e. The van der Waals surface area contributed by atoms with Crippen LogP contribution in [0.5, 0.6) is 0 Å². The van der Waals surface area contributed by atoms with E-state index in [1.807, 2.05) is 0 Å². The van der Waals surface area contributed by atoms with E-state index in [9.17, 15) is 0 Å². The first kappa shape index (κ1) is 50.0. The van der Waals surface area contributed by atoms with E-state index >= 15 is 0 Å². The predicted octanol–water partition coefficient (Wildman–Crippen LogP) is 26.0. The van der Waals surface area contributed by atoms with E-state index in [2.05, 4.69) is 315 Å². The number of benzene rings is 18. The maximum absolute atomic E-state index is 2.61. The van der Waals surface area contributed by atoms with Gasteiger partial charge in [-0.15, -0.1) is 0 Å². The topological polar surface area (TPSA) is 0 Å². The summed E-state index contributed by atoms with van der Waals surface area (Å²) < 4.78 is 0. The van der Waals surface area contributed by atoms with Gasteiger partial charge in [0.15, 0.2) is 0 Å². The van der Waals surface area contributed by atoms with Gasteiger partial charge in [0.2, 0.25) is 0 Å². The van der Waals surface area contributed by atoms with Gasteiger partial charge >= 0.3 is 0 Å². The highest BCUT2D eigenvalue weighted by Gasteiger charge is 2.31. The quantitative estimate of drug-likeness (QED) is 0.110. The molecule has 0 spiro atoms. The molecule has 0 saturated carbocycles. The van der Waals surface area contributed by atoms with Crippen LogP contribution >= 0.6 is 0 Å². The number of hydrogen-bond donors (Lipinski definition) is 0. The molecule has 0 N–H and O–H groups in total. The zero-order valence-electron chi connectivity index (χ0n) is 50.0. The van der Waals surface area contributed by atoms with Crippen molar-refractivity contribution in [2.24, 2.45) is 0 Å². The van der Waals surface area contributed by atoms with Crippen LogP contribution in [-0.2, 0) is 0 Å². The molecule has 0 heterocycles. The first-order chi connectivity index (χ1) is 45.6. The van der Waals surface area contributed by atoms with Gasteiger partial charge in [0.25, 0.3) is 0 Å². The Morgan fingerprint density at radius 1 is 0.120 bits per heavy atom. The summed E-state index contributed by atoms with van der Waals surface area (Å²) in [5.41, 5.74) is 22.2. The molecule has 92 heavy (non-hydrogen) atoms. The van der Waals surface area contributed by atoms with Crippen molar-refractivity contribution in [1.82, 2.24) is 0 Å². The van der Waals surface area contributed by atoms with E-state index in [1.165, 1.54) is 219 Å². The van der Waals surface area contributed by atoms with Gasteiger partial charge in [-0.05, 0) is 279 Å². The van der Waals surface area contributed by atoms with Crippen LogP contribution in [0.15, 0.2) is 315 Å². The Morgan fingerprint density at radius 2 is 0.435 bits per heavy atom. The highest BCUT2D eigenvalue weighted by atomic mass is 14.3. The molecule has 1 aliphatic carbocycles. The molecule has 0 heteroatoms. The molecule has 0 nitrogen and oxygen atoms in total. The lowest BCUT2D eigenvalue weighted by atomic mass is 9.83. The van der Waals surface area contributed by atoms with Gasteiger partial charge in [-0.1, -0.05) is 255 Å². The van der Waals surface area contributed by atoms with Crippen molar-refractivity contribution >= 4 is 118 Å². The zero-order valence-corrected chi connectivity index (χ0v) is 50.0. The molecule has 0 saturated heterocycles. The molecular formula is C92H52. The van der Waals surface area contributed by atoms with Gasteiger partial charge < -0.3 is 0 Å². The van der Waals surface area contributed by atoms with E-state index in [1.54, 1.807) is 0 Å². The number of fused-ring (bicyclic) bond motifs is 13. The normalized spacial score (nSPS) is 12.3. The minimum atomic E-state index is 1.19. The second kappa shape index (κ2) is 18.8. The average Bonchev–Trinajstić information content (AvgIpc) is 1.48. The predicted molar refractivity (Wildman–Crippen MR) is 395 cm³/mol. The van der Waals surface area contributed by atoms with Crippen LogP contribution in [0.3, 0.4) is 0 Å². The molecular weight excluding hydrogens is 1110 g/mol. The van der Waals surface area contributed by atoms with Crippen LogP contribution in [0.2, 0.25) is 0 Å². The molecule has 1 aliphatic rings. The number of hydrogen-bond acceptors (Lipinski definition) is 0. The maximum Gasteiger partial charge on any atom is -0.000739 e. The fraction of sp³-hybridized carbons (Fsp3) is 0. The summed E-state index contributed by atoms with van der Waals surface area (Å²) in [6.07, 6.45) is 0. The van der Waals surface area contributed by atoms with E-state index in [-0.39, 0.29) is 0 Å². The largest absolute Gasteiger partial charge is 0.0622 e. The maximum atomic E-state index is 2.61. The fourth-order valence-electron chi connectivity index (χ4n) is 17.0. The second-order valence-corrected chi connectivity index (χ2v) is 25.6. The lowest BCUT2D eigenvalue weighted by Gasteiger charge is -2.20. The Morgan fingerprint density at radius 3 is 0.870 bits per heavy atom. The summed E-state index contributed by atoms with van der Waals surface area (Å²) in [5, 5.41) is 28.4. The monoisotopic (exact) mass is 1160 g/mol. The molecule has 0 amide bonds. The molecule has 0 aromatic heterocycles. The summed E-state index contributed by atoms with van der Waals surface area (Å²) >= 11 is 0. The first-order valence-electron chi connectivity index (χ1n) is 32.2. The van der Waals surface area contributed by atoms with Gasteiger partial charge in [-0.3, -0.25) is 0 Å². The summed E-state index contributed by atoms with van der Waals surface area (Å²) in [5.74, 6) is 0. The van der Waals surface area contributed by atoms with Crippen molar-refractivity contribution in [1.29, 1.82) is 0 Å². The van der Waals surface area contributed by atoms with Crippen LogP contribution in [0.25, 0.3) is 219 Å². The molecule has 20 aromatic rings. The van der Waals surface area contributed by atoms with Crippen LogP contribution in [-0.4, -0.2) is 0 Å². The highest BCUT2D eigenvalue weighted by molar-refractivity contribution is 6.48. The Hall–Kier alpha value is -12.0. The Kier molecular flexibility index (Phi) is 10.2. The van der Waals surface area contributed by atoms with Crippen LogP contribution < -0.4 is 0 Å².